The number of rotatable bonds is 0. The highest BCUT2D eigenvalue weighted by molar-refractivity contribution is 5.69. The topological polar surface area (TPSA) is 58.6 Å². The van der Waals surface area contributed by atoms with Crippen LogP contribution in [-0.2, 0) is 0 Å². The minimum atomic E-state index is -0.654. The van der Waals surface area contributed by atoms with Crippen LogP contribution >= 0.6 is 0 Å². The minimum Gasteiger partial charge on any atom is -0.305 e. The molecule has 0 radical (unpaired) electrons. The zero-order valence-electron chi connectivity index (χ0n) is 6.84. The molecule has 0 aliphatic heterocycles. The molecule has 0 aromatic carbocycles. The number of nitrogens with one attached hydrogen (secondary N) is 1. The van der Waals surface area contributed by atoms with Gasteiger partial charge in [-0.05, 0) is 13.0 Å². The molecule has 1 N–H and O–H groups in total. The van der Waals surface area contributed by atoms with Gasteiger partial charge in [0.1, 0.15) is 5.52 Å². The van der Waals surface area contributed by atoms with Crippen LogP contribution in [-0.4, -0.2) is 15.0 Å². The fraction of sp³-hybridized carbons (Fsp3) is 0.125. The number of H-pyrrole nitrogens is 1. The summed E-state index contributed by atoms with van der Waals surface area (Å²) in [6.07, 6.45) is 0.966. The number of nitrogens with zero attached hydrogens (tertiary/aromatic N) is 2. The standard InChI is InChI=1S/C8H6FN3O/c1-4-2-5-7(12-8(4)13)10-3-6(9)11-5/h2-3H,1H3,(H,10,12,13). The van der Waals surface area contributed by atoms with Crippen LogP contribution in [0.5, 0.6) is 0 Å². The van der Waals surface area contributed by atoms with Crippen molar-refractivity contribution in [2.75, 3.05) is 0 Å². The third-order valence-corrected chi connectivity index (χ3v) is 1.71. The van der Waals surface area contributed by atoms with E-state index in [-0.39, 0.29) is 5.56 Å². The van der Waals surface area contributed by atoms with Crippen molar-refractivity contribution in [3.8, 4) is 0 Å². The maximum atomic E-state index is 12.6. The minimum absolute atomic E-state index is 0.228. The molecule has 0 aliphatic carbocycles. The van der Waals surface area contributed by atoms with Crippen molar-refractivity contribution in [2.45, 2.75) is 6.92 Å². The monoisotopic (exact) mass is 179 g/mol. The number of pyridine rings is 1. The SMILES string of the molecule is Cc1cc2nc(F)cnc2[nH]c1=O. The average molecular weight is 179 g/mol. The Morgan fingerprint density at radius 1 is 1.54 bits per heavy atom. The van der Waals surface area contributed by atoms with Gasteiger partial charge in [0.05, 0.1) is 6.20 Å². The summed E-state index contributed by atoms with van der Waals surface area (Å²) < 4.78 is 12.6. The molecule has 2 aromatic heterocycles. The molecule has 0 bridgehead atoms. The molecular formula is C8H6FN3O. The Balaban J connectivity index is 2.89. The van der Waals surface area contributed by atoms with Gasteiger partial charge in [0.15, 0.2) is 5.65 Å². The predicted octanol–water partition coefficient (Wildman–Crippen LogP) is 0.766. The van der Waals surface area contributed by atoms with Crippen LogP contribution in [0.4, 0.5) is 4.39 Å². The van der Waals surface area contributed by atoms with E-state index in [9.17, 15) is 9.18 Å². The first-order valence-corrected chi connectivity index (χ1v) is 3.69. The molecule has 0 unspecified atom stereocenters. The lowest BCUT2D eigenvalue weighted by atomic mass is 10.3. The van der Waals surface area contributed by atoms with E-state index in [0.29, 0.717) is 16.7 Å². The summed E-state index contributed by atoms with van der Waals surface area (Å²) in [6.45, 7) is 1.63. The van der Waals surface area contributed by atoms with Gasteiger partial charge in [-0.3, -0.25) is 4.79 Å². The third-order valence-electron chi connectivity index (χ3n) is 1.71. The summed E-state index contributed by atoms with van der Waals surface area (Å²) in [7, 11) is 0. The number of aromatic nitrogens is 3. The van der Waals surface area contributed by atoms with Crippen molar-refractivity contribution in [3.63, 3.8) is 0 Å². The molecule has 0 spiro atoms. The lowest BCUT2D eigenvalue weighted by Gasteiger charge is -1.96. The van der Waals surface area contributed by atoms with Gasteiger partial charge in [-0.1, -0.05) is 0 Å². The Morgan fingerprint density at radius 3 is 3.08 bits per heavy atom. The van der Waals surface area contributed by atoms with Gasteiger partial charge in [-0.25, -0.2) is 9.97 Å². The van der Waals surface area contributed by atoms with Crippen LogP contribution in [0.15, 0.2) is 17.1 Å². The zero-order valence-corrected chi connectivity index (χ0v) is 6.84. The van der Waals surface area contributed by atoms with E-state index in [1.165, 1.54) is 6.07 Å². The third kappa shape index (κ3) is 1.28. The van der Waals surface area contributed by atoms with Gasteiger partial charge in [0.2, 0.25) is 5.95 Å². The van der Waals surface area contributed by atoms with Gasteiger partial charge in [0, 0.05) is 5.56 Å². The molecule has 0 amide bonds. The second kappa shape index (κ2) is 2.62. The average Bonchev–Trinajstić information content (AvgIpc) is 2.08. The summed E-state index contributed by atoms with van der Waals surface area (Å²) in [4.78, 5) is 20.9. The first-order chi connectivity index (χ1) is 6.16. The van der Waals surface area contributed by atoms with Gasteiger partial charge < -0.3 is 4.98 Å². The van der Waals surface area contributed by atoms with Crippen molar-refractivity contribution < 1.29 is 4.39 Å². The molecular weight excluding hydrogens is 173 g/mol. The molecule has 0 fully saturated rings. The van der Waals surface area contributed by atoms with E-state index in [4.69, 9.17) is 0 Å². The smallest absolute Gasteiger partial charge is 0.252 e. The van der Waals surface area contributed by atoms with Crippen molar-refractivity contribution in [1.29, 1.82) is 0 Å². The fourth-order valence-corrected chi connectivity index (χ4v) is 1.05. The number of hydrogen-bond donors (Lipinski definition) is 1. The van der Waals surface area contributed by atoms with E-state index in [2.05, 4.69) is 15.0 Å². The fourth-order valence-electron chi connectivity index (χ4n) is 1.05. The van der Waals surface area contributed by atoms with E-state index in [1.807, 2.05) is 0 Å². The highest BCUT2D eigenvalue weighted by atomic mass is 19.1. The second-order valence-corrected chi connectivity index (χ2v) is 2.71. The molecule has 2 rings (SSSR count). The number of fused-ring (bicyclic) bond motifs is 1. The summed E-state index contributed by atoms with van der Waals surface area (Å²) in [5, 5.41) is 0. The maximum Gasteiger partial charge on any atom is 0.252 e. The van der Waals surface area contributed by atoms with Crippen molar-refractivity contribution in [3.05, 3.63) is 34.1 Å². The van der Waals surface area contributed by atoms with Crippen LogP contribution in [0.2, 0.25) is 0 Å². The summed E-state index contributed by atoms with van der Waals surface area (Å²) in [6, 6.07) is 1.50. The molecule has 13 heavy (non-hydrogen) atoms. The highest BCUT2D eigenvalue weighted by Gasteiger charge is 2.01. The molecule has 0 saturated heterocycles. The maximum absolute atomic E-state index is 12.6. The van der Waals surface area contributed by atoms with Crippen LogP contribution in [0.3, 0.4) is 0 Å². The number of halogens is 1. The Labute approximate surface area is 72.5 Å². The molecule has 0 aliphatic rings. The van der Waals surface area contributed by atoms with Gasteiger partial charge >= 0.3 is 0 Å². The Bertz CT molecular complexity index is 520. The lowest BCUT2D eigenvalue weighted by molar-refractivity contribution is 0.582. The van der Waals surface area contributed by atoms with Gasteiger partial charge in [-0.2, -0.15) is 4.39 Å². The van der Waals surface area contributed by atoms with Gasteiger partial charge in [-0.15, -0.1) is 0 Å². The molecule has 0 atom stereocenters. The van der Waals surface area contributed by atoms with Crippen molar-refractivity contribution >= 4 is 11.2 Å². The molecule has 2 heterocycles. The van der Waals surface area contributed by atoms with Gasteiger partial charge in [0.25, 0.3) is 5.56 Å². The Kier molecular flexibility index (Phi) is 1.58. The number of aromatic amines is 1. The summed E-state index contributed by atoms with van der Waals surface area (Å²) in [5.41, 5.74) is 0.926. The van der Waals surface area contributed by atoms with Crippen LogP contribution in [0.1, 0.15) is 5.56 Å². The highest BCUT2D eigenvalue weighted by Crippen LogP contribution is 2.04. The largest absolute Gasteiger partial charge is 0.305 e. The number of hydrogen-bond acceptors (Lipinski definition) is 3. The van der Waals surface area contributed by atoms with Crippen LogP contribution in [0.25, 0.3) is 11.2 Å². The lowest BCUT2D eigenvalue weighted by Crippen LogP contribution is -2.10. The predicted molar refractivity (Wildman–Crippen MR) is 44.9 cm³/mol. The number of aryl methyl sites for hydroxylation is 1. The quantitative estimate of drug-likeness (QED) is 0.649. The molecule has 2 aromatic rings. The van der Waals surface area contributed by atoms with Crippen molar-refractivity contribution in [1.82, 2.24) is 15.0 Å². The van der Waals surface area contributed by atoms with E-state index >= 15 is 0 Å². The van der Waals surface area contributed by atoms with E-state index < -0.39 is 5.95 Å². The van der Waals surface area contributed by atoms with Crippen LogP contribution < -0.4 is 5.56 Å². The molecule has 5 heteroatoms. The Hall–Kier alpha value is -1.78. The second-order valence-electron chi connectivity index (χ2n) is 2.71. The summed E-state index contributed by atoms with van der Waals surface area (Å²) in [5.74, 6) is -0.654. The Morgan fingerprint density at radius 2 is 2.31 bits per heavy atom. The first kappa shape index (κ1) is 7.85. The van der Waals surface area contributed by atoms with Crippen LogP contribution in [0, 0.1) is 12.9 Å². The molecule has 0 saturated carbocycles. The summed E-state index contributed by atoms with van der Waals surface area (Å²) >= 11 is 0. The molecule has 66 valence electrons. The van der Waals surface area contributed by atoms with Crippen molar-refractivity contribution in [2.24, 2.45) is 0 Å². The molecule has 4 nitrogen and oxygen atoms in total. The normalized spacial score (nSPS) is 10.6. The van der Waals surface area contributed by atoms with E-state index in [0.717, 1.165) is 6.20 Å². The van der Waals surface area contributed by atoms with E-state index in [1.54, 1.807) is 6.92 Å². The zero-order chi connectivity index (χ0) is 9.42. The first-order valence-electron chi connectivity index (χ1n) is 3.69.